The molecule has 2 aromatic carbocycles. The molecule has 0 fully saturated rings. The van der Waals surface area contributed by atoms with E-state index in [1.165, 1.54) is 32.6 Å². The van der Waals surface area contributed by atoms with E-state index < -0.39 is 20.6 Å². The highest BCUT2D eigenvalue weighted by molar-refractivity contribution is 7.99. The second-order valence-electron chi connectivity index (χ2n) is 10.0. The number of unbranched alkanes of at least 4 members (excludes halogenated alkanes) is 3. The van der Waals surface area contributed by atoms with Crippen LogP contribution >= 0.6 is 27.0 Å². The minimum Gasteiger partial charge on any atom is -0.340 e. The number of benzene rings is 2. The van der Waals surface area contributed by atoms with Gasteiger partial charge in [-0.15, -0.1) is 11.8 Å². The lowest BCUT2D eigenvalue weighted by atomic mass is 10.0. The van der Waals surface area contributed by atoms with Crippen molar-refractivity contribution in [1.82, 2.24) is 4.57 Å². The maximum atomic E-state index is 13.8. The van der Waals surface area contributed by atoms with Gasteiger partial charge >= 0.3 is 15.2 Å². The van der Waals surface area contributed by atoms with Crippen molar-refractivity contribution in [2.75, 3.05) is 32.2 Å². The van der Waals surface area contributed by atoms with Crippen molar-refractivity contribution in [3.8, 4) is 11.3 Å². The van der Waals surface area contributed by atoms with Gasteiger partial charge in [0, 0.05) is 33.7 Å². The Kier molecular flexibility index (Phi) is 12.2. The molecule has 0 aliphatic carbocycles. The monoisotopic (exact) mass is 621 g/mol. The summed E-state index contributed by atoms with van der Waals surface area (Å²) in [6, 6.07) is 17.5. The fraction of sp³-hybridized carbons (Fsp3) is 0.548. The molecular formula is C31H45NO6P2S. The number of aromatic nitrogens is 1. The van der Waals surface area contributed by atoms with Crippen LogP contribution in [-0.4, -0.2) is 42.1 Å². The summed E-state index contributed by atoms with van der Waals surface area (Å²) in [5, 5.41) is 0.417. The number of thioether (sulfide) groups is 1. The molecule has 0 saturated heterocycles. The number of aryl methyl sites for hydroxylation is 2. The third-order valence-corrected chi connectivity index (χ3v) is 14.6. The van der Waals surface area contributed by atoms with Gasteiger partial charge in [-0.3, -0.25) is 9.13 Å². The summed E-state index contributed by atoms with van der Waals surface area (Å²) in [6.45, 7) is 8.76. The Morgan fingerprint density at radius 1 is 0.780 bits per heavy atom. The predicted molar refractivity (Wildman–Crippen MR) is 170 cm³/mol. The normalized spacial score (nSPS) is 13.9. The quantitative estimate of drug-likeness (QED) is 0.110. The Morgan fingerprint density at radius 2 is 1.37 bits per heavy atom. The van der Waals surface area contributed by atoms with Gasteiger partial charge in [-0.05, 0) is 64.7 Å². The number of fused-ring (bicyclic) bond motifs is 5. The molecule has 0 amide bonds. The second kappa shape index (κ2) is 15.4. The van der Waals surface area contributed by atoms with E-state index in [4.69, 9.17) is 18.1 Å². The number of hydrogen-bond donors (Lipinski definition) is 0. The molecule has 0 spiro atoms. The van der Waals surface area contributed by atoms with Crippen molar-refractivity contribution < 1.29 is 27.2 Å². The standard InChI is InChI=1S/C31H45NO6P2S/c1-5-35-39(33,36-6-2)30(40(34,37-7-3)38-8-4)21-11-9-10-16-23-32-28-19-14-12-17-25(28)26-22-24-41-29-20-15-13-18-27(29)31(26)32/h12-15,17-20,30H,5-11,16,21-24H2,1-4H3. The van der Waals surface area contributed by atoms with Crippen LogP contribution in [0.2, 0.25) is 0 Å². The van der Waals surface area contributed by atoms with E-state index in [1.54, 1.807) is 27.7 Å². The van der Waals surface area contributed by atoms with Crippen LogP contribution in [0.15, 0.2) is 53.4 Å². The van der Waals surface area contributed by atoms with Crippen molar-refractivity contribution in [3.63, 3.8) is 0 Å². The van der Waals surface area contributed by atoms with Gasteiger partial charge in [0.1, 0.15) is 0 Å². The summed E-state index contributed by atoms with van der Waals surface area (Å²) in [7, 11) is -7.40. The van der Waals surface area contributed by atoms with Crippen molar-refractivity contribution in [3.05, 3.63) is 54.1 Å². The summed E-state index contributed by atoms with van der Waals surface area (Å²) in [6.07, 6.45) is 5.08. The lowest BCUT2D eigenvalue weighted by molar-refractivity contribution is 0.193. The van der Waals surface area contributed by atoms with Crippen LogP contribution in [0.4, 0.5) is 0 Å². The van der Waals surface area contributed by atoms with Gasteiger partial charge in [0.15, 0.2) is 5.40 Å². The maximum Gasteiger partial charge on any atom is 0.345 e. The van der Waals surface area contributed by atoms with Crippen molar-refractivity contribution in [1.29, 1.82) is 0 Å². The summed E-state index contributed by atoms with van der Waals surface area (Å²) in [5.74, 6) is 1.08. The largest absolute Gasteiger partial charge is 0.345 e. The number of rotatable bonds is 17. The average molecular weight is 622 g/mol. The molecule has 0 N–H and O–H groups in total. The molecule has 1 aliphatic heterocycles. The van der Waals surface area contributed by atoms with Crippen LogP contribution in [0.1, 0.15) is 65.4 Å². The van der Waals surface area contributed by atoms with Crippen LogP contribution < -0.4 is 0 Å². The zero-order valence-corrected chi connectivity index (χ0v) is 27.5. The van der Waals surface area contributed by atoms with E-state index in [0.717, 1.165) is 44.4 Å². The molecule has 7 nitrogen and oxygen atoms in total. The first-order chi connectivity index (χ1) is 19.9. The van der Waals surface area contributed by atoms with Crippen LogP contribution in [-0.2, 0) is 40.2 Å². The third-order valence-electron chi connectivity index (χ3n) is 7.39. The molecular weight excluding hydrogens is 576 g/mol. The summed E-state index contributed by atoms with van der Waals surface area (Å²) >= 11 is 1.94. The molecule has 10 heteroatoms. The predicted octanol–water partition coefficient (Wildman–Crippen LogP) is 9.77. The van der Waals surface area contributed by atoms with Crippen molar-refractivity contribution >= 4 is 37.9 Å². The van der Waals surface area contributed by atoms with Crippen LogP contribution in [0, 0.1) is 0 Å². The minimum absolute atomic E-state index is 0.197. The number of hydrogen-bond acceptors (Lipinski definition) is 7. The van der Waals surface area contributed by atoms with E-state index in [-0.39, 0.29) is 26.4 Å². The summed E-state index contributed by atoms with van der Waals surface area (Å²) in [5.41, 5.74) is 5.43. The molecule has 0 atom stereocenters. The topological polar surface area (TPSA) is 76.0 Å². The van der Waals surface area contributed by atoms with Gasteiger partial charge in [0.2, 0.25) is 0 Å². The maximum absolute atomic E-state index is 13.8. The van der Waals surface area contributed by atoms with Gasteiger partial charge in [0.25, 0.3) is 0 Å². The zero-order chi connectivity index (χ0) is 29.3. The Hall–Kier alpha value is -1.37. The highest BCUT2D eigenvalue weighted by Crippen LogP contribution is 2.71. The third kappa shape index (κ3) is 7.41. The Bertz CT molecular complexity index is 1330. The van der Waals surface area contributed by atoms with Crippen molar-refractivity contribution in [2.45, 2.75) is 83.1 Å². The van der Waals surface area contributed by atoms with Crippen LogP contribution in [0.25, 0.3) is 22.2 Å². The van der Waals surface area contributed by atoms with E-state index in [9.17, 15) is 9.13 Å². The van der Waals surface area contributed by atoms with E-state index >= 15 is 0 Å². The minimum atomic E-state index is -3.70. The molecule has 3 aromatic rings. The molecule has 0 bridgehead atoms. The molecule has 0 saturated carbocycles. The van der Waals surface area contributed by atoms with Crippen LogP contribution in [0.3, 0.4) is 0 Å². The smallest absolute Gasteiger partial charge is 0.340 e. The van der Waals surface area contributed by atoms with Crippen LogP contribution in [0.5, 0.6) is 0 Å². The van der Waals surface area contributed by atoms with Gasteiger partial charge in [-0.2, -0.15) is 0 Å². The molecule has 41 heavy (non-hydrogen) atoms. The lowest BCUT2D eigenvalue weighted by Crippen LogP contribution is -2.18. The van der Waals surface area contributed by atoms with E-state index in [1.807, 2.05) is 11.8 Å². The number of para-hydroxylation sites is 1. The average Bonchev–Trinajstić information content (AvgIpc) is 3.13. The molecule has 2 heterocycles. The first-order valence-electron chi connectivity index (χ1n) is 15.0. The highest BCUT2D eigenvalue weighted by atomic mass is 32.2. The Labute approximate surface area is 249 Å². The Balaban J connectivity index is 1.48. The molecule has 0 radical (unpaired) electrons. The van der Waals surface area contributed by atoms with Gasteiger partial charge in [-0.25, -0.2) is 0 Å². The number of nitrogens with zero attached hydrogens (tertiary/aromatic N) is 1. The first kappa shape index (κ1) is 32.5. The fourth-order valence-corrected chi connectivity index (χ4v) is 12.3. The summed E-state index contributed by atoms with van der Waals surface area (Å²) in [4.78, 5) is 1.35. The molecule has 226 valence electrons. The molecule has 1 aliphatic rings. The SMILES string of the molecule is CCOP(=O)(OCC)C(CCCCCCn1c2c(c3ccccc31)CCSc1ccccc1-2)P(=O)(OCC)OCC. The van der Waals surface area contributed by atoms with E-state index in [2.05, 4.69) is 53.1 Å². The Morgan fingerprint density at radius 3 is 2.02 bits per heavy atom. The molecule has 1 aromatic heterocycles. The highest BCUT2D eigenvalue weighted by Gasteiger charge is 2.50. The molecule has 4 rings (SSSR count). The summed E-state index contributed by atoms with van der Waals surface area (Å²) < 4.78 is 52.6. The fourth-order valence-electron chi connectivity index (χ4n) is 5.80. The second-order valence-corrected chi connectivity index (χ2v) is 16.0. The molecule has 0 unspecified atom stereocenters. The first-order valence-corrected chi connectivity index (χ1v) is 19.2. The van der Waals surface area contributed by atoms with Gasteiger partial charge in [-0.1, -0.05) is 55.7 Å². The zero-order valence-electron chi connectivity index (χ0n) is 24.9. The lowest BCUT2D eigenvalue weighted by Gasteiger charge is -2.31. The van der Waals surface area contributed by atoms with E-state index in [0.29, 0.717) is 6.42 Å². The van der Waals surface area contributed by atoms with Gasteiger partial charge in [0.05, 0.1) is 32.1 Å². The van der Waals surface area contributed by atoms with Crippen molar-refractivity contribution in [2.24, 2.45) is 0 Å². The van der Waals surface area contributed by atoms with Gasteiger partial charge < -0.3 is 22.7 Å².